The molecule has 2 aromatic rings. The molecule has 1 aromatic carbocycles. The molecule has 18 heavy (non-hydrogen) atoms. The van der Waals surface area contributed by atoms with Gasteiger partial charge in [0.15, 0.2) is 5.82 Å². The van der Waals surface area contributed by atoms with Crippen molar-refractivity contribution in [3.63, 3.8) is 0 Å². The highest BCUT2D eigenvalue weighted by Gasteiger charge is 2.26. The summed E-state index contributed by atoms with van der Waals surface area (Å²) in [5.41, 5.74) is 1.30. The Morgan fingerprint density at radius 1 is 1.50 bits per heavy atom. The largest absolute Gasteiger partial charge is 0.324 e. The Bertz CT molecular complexity index is 574. The van der Waals surface area contributed by atoms with Crippen molar-refractivity contribution in [1.29, 1.82) is 0 Å². The predicted octanol–water partition coefficient (Wildman–Crippen LogP) is 4.28. The average Bonchev–Trinajstić information content (AvgIpc) is 3.07. The molecule has 96 valence electrons. The van der Waals surface area contributed by atoms with Crippen LogP contribution in [0.4, 0.5) is 4.39 Å². The fourth-order valence-electron chi connectivity index (χ4n) is 2.66. The van der Waals surface area contributed by atoms with Crippen LogP contribution in [-0.2, 0) is 5.88 Å². The van der Waals surface area contributed by atoms with Gasteiger partial charge in [0.25, 0.3) is 0 Å². The summed E-state index contributed by atoms with van der Waals surface area (Å²) in [6.45, 7) is 2.17. The minimum absolute atomic E-state index is 0.267. The molecule has 1 saturated carbocycles. The van der Waals surface area contributed by atoms with Crippen molar-refractivity contribution in [2.45, 2.75) is 38.1 Å². The van der Waals surface area contributed by atoms with Gasteiger partial charge in [-0.25, -0.2) is 9.37 Å². The maximum atomic E-state index is 13.7. The van der Waals surface area contributed by atoms with Gasteiger partial charge in [-0.05, 0) is 31.4 Å². The van der Waals surface area contributed by atoms with E-state index < -0.39 is 0 Å². The molecule has 0 N–H and O–H groups in total. The summed E-state index contributed by atoms with van der Waals surface area (Å²) >= 11 is 5.95. The molecule has 1 fully saturated rings. The highest BCUT2D eigenvalue weighted by Crippen LogP contribution is 2.38. The van der Waals surface area contributed by atoms with E-state index in [1.165, 1.54) is 18.9 Å². The molecular formula is C14H16ClFN2. The van der Waals surface area contributed by atoms with Crippen LogP contribution in [0.1, 0.15) is 38.1 Å². The van der Waals surface area contributed by atoms with Crippen molar-refractivity contribution in [3.05, 3.63) is 29.8 Å². The summed E-state index contributed by atoms with van der Waals surface area (Å²) in [6, 6.07) is 5.43. The number of alkyl halides is 1. The Morgan fingerprint density at radius 2 is 2.28 bits per heavy atom. The van der Waals surface area contributed by atoms with E-state index in [1.54, 1.807) is 6.07 Å². The van der Waals surface area contributed by atoms with Gasteiger partial charge in [0, 0.05) is 6.04 Å². The molecular weight excluding hydrogens is 251 g/mol. The number of aromatic nitrogens is 2. The van der Waals surface area contributed by atoms with Gasteiger partial charge in [0.1, 0.15) is 11.3 Å². The van der Waals surface area contributed by atoms with Crippen LogP contribution in [0.2, 0.25) is 0 Å². The molecule has 0 spiro atoms. The number of hydrogen-bond donors (Lipinski definition) is 0. The number of hydrogen-bond acceptors (Lipinski definition) is 1. The third kappa shape index (κ3) is 2.01. The lowest BCUT2D eigenvalue weighted by atomic mass is 10.1. The minimum atomic E-state index is -0.267. The summed E-state index contributed by atoms with van der Waals surface area (Å²) in [6.07, 6.45) is 3.77. The van der Waals surface area contributed by atoms with Gasteiger partial charge in [-0.15, -0.1) is 11.6 Å². The van der Waals surface area contributed by atoms with Crippen LogP contribution in [0, 0.1) is 11.7 Å². The van der Waals surface area contributed by atoms with Crippen LogP contribution in [0.5, 0.6) is 0 Å². The number of rotatable bonds is 4. The van der Waals surface area contributed by atoms with Crippen molar-refractivity contribution in [2.24, 2.45) is 5.92 Å². The number of para-hydroxylation sites is 1. The monoisotopic (exact) mass is 266 g/mol. The van der Waals surface area contributed by atoms with E-state index in [9.17, 15) is 4.39 Å². The molecule has 1 aliphatic rings. The molecule has 1 atom stereocenters. The first-order valence-electron chi connectivity index (χ1n) is 6.42. The summed E-state index contributed by atoms with van der Waals surface area (Å²) < 4.78 is 15.8. The van der Waals surface area contributed by atoms with Crippen LogP contribution in [0.15, 0.2) is 18.2 Å². The van der Waals surface area contributed by atoms with Crippen molar-refractivity contribution < 1.29 is 4.39 Å². The molecule has 2 nitrogen and oxygen atoms in total. The molecule has 0 saturated heterocycles. The molecule has 1 unspecified atom stereocenters. The number of imidazole rings is 1. The second kappa shape index (κ2) is 4.54. The third-order valence-electron chi connectivity index (χ3n) is 3.68. The number of halogens is 2. The summed E-state index contributed by atoms with van der Waals surface area (Å²) in [5.74, 6) is 1.65. The molecule has 1 heterocycles. The average molecular weight is 267 g/mol. The van der Waals surface area contributed by atoms with Crippen molar-refractivity contribution >= 4 is 22.6 Å². The van der Waals surface area contributed by atoms with Gasteiger partial charge in [0.2, 0.25) is 0 Å². The van der Waals surface area contributed by atoms with E-state index in [-0.39, 0.29) is 5.82 Å². The molecule has 1 aliphatic carbocycles. The van der Waals surface area contributed by atoms with Gasteiger partial charge in [0.05, 0.1) is 11.4 Å². The summed E-state index contributed by atoms with van der Waals surface area (Å²) in [4.78, 5) is 4.34. The fourth-order valence-corrected chi connectivity index (χ4v) is 2.85. The summed E-state index contributed by atoms with van der Waals surface area (Å²) in [7, 11) is 0. The smallest absolute Gasteiger partial charge is 0.151 e. The van der Waals surface area contributed by atoms with Crippen molar-refractivity contribution in [2.75, 3.05) is 0 Å². The standard InChI is InChI=1S/C14H16ClFN2/c1-9(7-10-5-6-10)18-12-4-2-3-11(16)14(12)17-13(18)8-15/h2-4,9-10H,5-8H2,1H3. The Labute approximate surface area is 111 Å². The zero-order chi connectivity index (χ0) is 12.7. The lowest BCUT2D eigenvalue weighted by Gasteiger charge is -2.16. The van der Waals surface area contributed by atoms with Gasteiger partial charge in [-0.2, -0.15) is 0 Å². The molecule has 0 bridgehead atoms. The number of nitrogens with zero attached hydrogens (tertiary/aromatic N) is 2. The first-order valence-corrected chi connectivity index (χ1v) is 6.95. The van der Waals surface area contributed by atoms with Crippen LogP contribution >= 0.6 is 11.6 Å². The first kappa shape index (κ1) is 12.0. The van der Waals surface area contributed by atoms with Crippen LogP contribution in [0.25, 0.3) is 11.0 Å². The van der Waals surface area contributed by atoms with Crippen molar-refractivity contribution in [3.8, 4) is 0 Å². The van der Waals surface area contributed by atoms with E-state index in [0.717, 1.165) is 23.7 Å². The molecule has 1 aromatic heterocycles. The van der Waals surface area contributed by atoms with E-state index in [4.69, 9.17) is 11.6 Å². The molecule has 4 heteroatoms. The maximum absolute atomic E-state index is 13.7. The lowest BCUT2D eigenvalue weighted by molar-refractivity contribution is 0.477. The summed E-state index contributed by atoms with van der Waals surface area (Å²) in [5, 5.41) is 0. The fraction of sp³-hybridized carbons (Fsp3) is 0.500. The number of fused-ring (bicyclic) bond motifs is 1. The Kier molecular flexibility index (Phi) is 3.02. The SMILES string of the molecule is CC(CC1CC1)n1c(CCl)nc2c(F)cccc21. The zero-order valence-corrected chi connectivity index (χ0v) is 11.1. The quantitative estimate of drug-likeness (QED) is 0.756. The van der Waals surface area contributed by atoms with Crippen LogP contribution in [0.3, 0.4) is 0 Å². The molecule has 0 aliphatic heterocycles. The predicted molar refractivity (Wildman–Crippen MR) is 71.3 cm³/mol. The maximum Gasteiger partial charge on any atom is 0.151 e. The lowest BCUT2D eigenvalue weighted by Crippen LogP contribution is -2.09. The van der Waals surface area contributed by atoms with Crippen LogP contribution in [-0.4, -0.2) is 9.55 Å². The highest BCUT2D eigenvalue weighted by molar-refractivity contribution is 6.16. The van der Waals surface area contributed by atoms with E-state index in [1.807, 2.05) is 6.07 Å². The topological polar surface area (TPSA) is 17.8 Å². The molecule has 0 amide bonds. The number of benzene rings is 1. The Hall–Kier alpha value is -1.09. The van der Waals surface area contributed by atoms with Gasteiger partial charge < -0.3 is 4.57 Å². The van der Waals surface area contributed by atoms with Crippen molar-refractivity contribution in [1.82, 2.24) is 9.55 Å². The van der Waals surface area contributed by atoms with Gasteiger partial charge in [-0.3, -0.25) is 0 Å². The van der Waals surface area contributed by atoms with E-state index in [2.05, 4.69) is 16.5 Å². The zero-order valence-electron chi connectivity index (χ0n) is 10.4. The third-order valence-corrected chi connectivity index (χ3v) is 3.91. The minimum Gasteiger partial charge on any atom is -0.324 e. The second-order valence-electron chi connectivity index (χ2n) is 5.17. The molecule has 0 radical (unpaired) electrons. The van der Waals surface area contributed by atoms with E-state index >= 15 is 0 Å². The van der Waals surface area contributed by atoms with Gasteiger partial charge in [-0.1, -0.05) is 18.9 Å². The van der Waals surface area contributed by atoms with Crippen LogP contribution < -0.4 is 0 Å². The molecule has 3 rings (SSSR count). The first-order chi connectivity index (χ1) is 8.70. The highest BCUT2D eigenvalue weighted by atomic mass is 35.5. The Morgan fingerprint density at radius 3 is 2.94 bits per heavy atom. The second-order valence-corrected chi connectivity index (χ2v) is 5.43. The normalized spacial score (nSPS) is 17.3. The van der Waals surface area contributed by atoms with E-state index in [0.29, 0.717) is 17.4 Å². The Balaban J connectivity index is 2.09. The van der Waals surface area contributed by atoms with Gasteiger partial charge >= 0.3 is 0 Å².